The molecular weight excluding hydrogens is 266 g/mol. The Balaban J connectivity index is 1.61. The highest BCUT2D eigenvalue weighted by Gasteiger charge is 2.38. The molecule has 1 aliphatic carbocycles. The zero-order chi connectivity index (χ0) is 14.4. The highest BCUT2D eigenvalue weighted by atomic mass is 16.2. The van der Waals surface area contributed by atoms with Crippen LogP contribution < -0.4 is 10.9 Å². The van der Waals surface area contributed by atoms with Gasteiger partial charge in [0.2, 0.25) is 0 Å². The number of nitrogens with one attached hydrogen (secondary N) is 2. The molecule has 2 atom stereocenters. The van der Waals surface area contributed by atoms with Crippen molar-refractivity contribution < 1.29 is 4.79 Å². The Morgan fingerprint density at radius 2 is 1.86 bits per heavy atom. The quantitative estimate of drug-likeness (QED) is 0.792. The second-order valence-corrected chi connectivity index (χ2v) is 6.61. The summed E-state index contributed by atoms with van der Waals surface area (Å²) in [6, 6.07) is 1.85. The average molecular weight is 287 g/mol. The van der Waals surface area contributed by atoms with E-state index in [2.05, 4.69) is 10.3 Å². The third-order valence-electron chi connectivity index (χ3n) is 5.25. The number of aromatic nitrogens is 1. The molecule has 3 heterocycles. The van der Waals surface area contributed by atoms with E-state index in [9.17, 15) is 9.59 Å². The third-order valence-corrected chi connectivity index (χ3v) is 5.25. The lowest BCUT2D eigenvalue weighted by Gasteiger charge is -2.20. The average Bonchev–Trinajstić information content (AvgIpc) is 3.07. The van der Waals surface area contributed by atoms with Crippen LogP contribution in [0.4, 0.5) is 0 Å². The van der Waals surface area contributed by atoms with E-state index in [1.807, 2.05) is 11.0 Å². The number of pyridine rings is 1. The van der Waals surface area contributed by atoms with Crippen molar-refractivity contribution in [3.05, 3.63) is 33.2 Å². The predicted octanol–water partition coefficient (Wildman–Crippen LogP) is 0.545. The number of likely N-dealkylation sites (tertiary alicyclic amines) is 1. The Bertz CT molecular complexity index is 625. The van der Waals surface area contributed by atoms with E-state index in [1.54, 1.807) is 0 Å². The molecule has 5 nitrogen and oxygen atoms in total. The van der Waals surface area contributed by atoms with Crippen molar-refractivity contribution in [2.75, 3.05) is 26.2 Å². The second-order valence-electron chi connectivity index (χ2n) is 6.61. The first-order valence-electron chi connectivity index (χ1n) is 7.97. The summed E-state index contributed by atoms with van der Waals surface area (Å²) in [7, 11) is 0. The van der Waals surface area contributed by atoms with Gasteiger partial charge in [-0.25, -0.2) is 0 Å². The minimum atomic E-state index is -0.212. The minimum absolute atomic E-state index is 0.0842. The molecule has 5 heteroatoms. The summed E-state index contributed by atoms with van der Waals surface area (Å²) >= 11 is 0. The highest BCUT2D eigenvalue weighted by molar-refractivity contribution is 5.94. The molecule has 1 amide bonds. The van der Waals surface area contributed by atoms with Gasteiger partial charge in [0.25, 0.3) is 11.5 Å². The molecule has 3 aliphatic rings. The molecule has 1 aromatic heterocycles. The fourth-order valence-electron chi connectivity index (χ4n) is 4.03. The Morgan fingerprint density at radius 1 is 1.14 bits per heavy atom. The third kappa shape index (κ3) is 2.20. The molecule has 2 saturated heterocycles. The van der Waals surface area contributed by atoms with Crippen LogP contribution in [-0.2, 0) is 12.8 Å². The van der Waals surface area contributed by atoms with Crippen molar-refractivity contribution in [3.63, 3.8) is 0 Å². The van der Waals surface area contributed by atoms with Gasteiger partial charge in [-0.2, -0.15) is 0 Å². The van der Waals surface area contributed by atoms with E-state index < -0.39 is 0 Å². The first-order valence-corrected chi connectivity index (χ1v) is 7.97. The second kappa shape index (κ2) is 4.98. The van der Waals surface area contributed by atoms with Crippen LogP contribution in [0, 0.1) is 11.8 Å². The van der Waals surface area contributed by atoms with Crippen LogP contribution >= 0.6 is 0 Å². The fourth-order valence-corrected chi connectivity index (χ4v) is 4.03. The topological polar surface area (TPSA) is 65.2 Å². The van der Waals surface area contributed by atoms with Gasteiger partial charge in [0.15, 0.2) is 0 Å². The number of amides is 1. The summed E-state index contributed by atoms with van der Waals surface area (Å²) in [6.45, 7) is 3.56. The molecule has 0 unspecified atom stereocenters. The zero-order valence-corrected chi connectivity index (χ0v) is 12.2. The summed E-state index contributed by atoms with van der Waals surface area (Å²) in [5.74, 6) is 1.04. The Morgan fingerprint density at radius 3 is 2.62 bits per heavy atom. The summed E-state index contributed by atoms with van der Waals surface area (Å²) in [6.07, 6.45) is 4.17. The summed E-state index contributed by atoms with van der Waals surface area (Å²) < 4.78 is 0. The molecule has 21 heavy (non-hydrogen) atoms. The Kier molecular flexibility index (Phi) is 3.10. The first kappa shape index (κ1) is 13.1. The molecule has 2 N–H and O–H groups in total. The predicted molar refractivity (Wildman–Crippen MR) is 79.5 cm³/mol. The van der Waals surface area contributed by atoms with Crippen molar-refractivity contribution in [2.45, 2.75) is 25.7 Å². The molecule has 112 valence electrons. The Labute approximate surface area is 123 Å². The van der Waals surface area contributed by atoms with Crippen LogP contribution in [0.1, 0.15) is 34.5 Å². The normalized spacial score (nSPS) is 27.5. The fraction of sp³-hybridized carbons (Fsp3) is 0.625. The van der Waals surface area contributed by atoms with Crippen LogP contribution in [0.15, 0.2) is 10.9 Å². The van der Waals surface area contributed by atoms with E-state index in [0.29, 0.717) is 17.4 Å². The molecule has 0 bridgehead atoms. The number of carbonyl (C=O) groups is 1. The van der Waals surface area contributed by atoms with Crippen molar-refractivity contribution >= 4 is 5.91 Å². The number of hydrogen-bond acceptors (Lipinski definition) is 3. The number of rotatable bonds is 1. The van der Waals surface area contributed by atoms with Crippen molar-refractivity contribution in [3.8, 4) is 0 Å². The van der Waals surface area contributed by atoms with Gasteiger partial charge in [0.05, 0.1) is 0 Å². The molecule has 0 saturated carbocycles. The van der Waals surface area contributed by atoms with E-state index >= 15 is 0 Å². The molecule has 1 aromatic rings. The smallest absolute Gasteiger partial charge is 0.261 e. The minimum Gasteiger partial charge on any atom is -0.338 e. The monoisotopic (exact) mass is 287 g/mol. The number of nitrogens with zero attached hydrogens (tertiary/aromatic N) is 1. The maximum absolute atomic E-state index is 12.7. The molecule has 4 rings (SSSR count). The van der Waals surface area contributed by atoms with Gasteiger partial charge >= 0.3 is 0 Å². The molecule has 0 radical (unpaired) electrons. The van der Waals surface area contributed by atoms with Crippen LogP contribution in [-0.4, -0.2) is 42.0 Å². The van der Waals surface area contributed by atoms with Crippen molar-refractivity contribution in [1.29, 1.82) is 0 Å². The number of carbonyl (C=O) groups excluding carboxylic acids is 1. The van der Waals surface area contributed by atoms with Crippen LogP contribution in [0.3, 0.4) is 0 Å². The Hall–Kier alpha value is -1.62. The summed E-state index contributed by atoms with van der Waals surface area (Å²) in [5.41, 5.74) is 2.31. The van der Waals surface area contributed by atoms with Gasteiger partial charge in [-0.1, -0.05) is 0 Å². The van der Waals surface area contributed by atoms with Gasteiger partial charge in [0, 0.05) is 31.9 Å². The van der Waals surface area contributed by atoms with Crippen LogP contribution in [0.25, 0.3) is 0 Å². The van der Waals surface area contributed by atoms with Crippen molar-refractivity contribution in [2.24, 2.45) is 11.8 Å². The molecule has 2 fully saturated rings. The number of H-pyrrole nitrogens is 1. The lowest BCUT2D eigenvalue weighted by atomic mass is 9.95. The largest absolute Gasteiger partial charge is 0.338 e. The van der Waals surface area contributed by atoms with E-state index in [-0.39, 0.29) is 11.5 Å². The number of hydrogen-bond donors (Lipinski definition) is 2. The van der Waals surface area contributed by atoms with Gasteiger partial charge in [-0.15, -0.1) is 0 Å². The number of fused-ring (bicyclic) bond motifs is 2. The molecule has 2 aliphatic heterocycles. The van der Waals surface area contributed by atoms with Gasteiger partial charge in [0.1, 0.15) is 5.56 Å². The van der Waals surface area contributed by atoms with E-state index in [1.165, 1.54) is 0 Å². The molecule has 0 aromatic carbocycles. The lowest BCUT2D eigenvalue weighted by molar-refractivity contribution is 0.0779. The molecular formula is C16H21N3O2. The maximum Gasteiger partial charge on any atom is 0.261 e. The van der Waals surface area contributed by atoms with E-state index in [0.717, 1.165) is 63.1 Å². The maximum atomic E-state index is 12.7. The lowest BCUT2D eigenvalue weighted by Crippen LogP contribution is -2.36. The van der Waals surface area contributed by atoms with Gasteiger partial charge < -0.3 is 15.2 Å². The first-order chi connectivity index (χ1) is 10.2. The van der Waals surface area contributed by atoms with Crippen LogP contribution in [0.2, 0.25) is 0 Å². The van der Waals surface area contributed by atoms with E-state index in [4.69, 9.17) is 0 Å². The SMILES string of the molecule is O=C(c1cc2c([nH]c1=O)CCCC2)N1C[C@H]2CNC[C@H]2C1. The summed E-state index contributed by atoms with van der Waals surface area (Å²) in [5, 5.41) is 3.37. The number of aryl methyl sites for hydroxylation is 2. The van der Waals surface area contributed by atoms with Gasteiger partial charge in [-0.3, -0.25) is 9.59 Å². The molecule has 0 spiro atoms. The standard InChI is InChI=1S/C16H21N3O2/c20-15-13(5-10-3-1-2-4-14(10)18-15)16(21)19-8-11-6-17-7-12(11)9-19/h5,11-12,17H,1-4,6-9H2,(H,18,20)/t11-,12+. The van der Waals surface area contributed by atoms with Gasteiger partial charge in [-0.05, 0) is 49.1 Å². The zero-order valence-electron chi connectivity index (χ0n) is 12.2. The highest BCUT2D eigenvalue weighted by Crippen LogP contribution is 2.27. The van der Waals surface area contributed by atoms with Crippen LogP contribution in [0.5, 0.6) is 0 Å². The number of aromatic amines is 1. The summed E-state index contributed by atoms with van der Waals surface area (Å²) in [4.78, 5) is 29.7. The van der Waals surface area contributed by atoms with Crippen molar-refractivity contribution in [1.82, 2.24) is 15.2 Å².